The van der Waals surface area contributed by atoms with Crippen molar-refractivity contribution in [3.8, 4) is 0 Å². The summed E-state index contributed by atoms with van der Waals surface area (Å²) in [4.78, 5) is 31.0. The van der Waals surface area contributed by atoms with E-state index in [0.29, 0.717) is 12.0 Å². The molecule has 1 aliphatic heterocycles. The molecular formula is C14H16N2O4. The van der Waals surface area contributed by atoms with Gasteiger partial charge in [0.25, 0.3) is 11.8 Å². The lowest BCUT2D eigenvalue weighted by Gasteiger charge is -2.04. The van der Waals surface area contributed by atoms with Crippen LogP contribution >= 0.6 is 0 Å². The largest absolute Gasteiger partial charge is 0.480 e. The Morgan fingerprint density at radius 1 is 1.30 bits per heavy atom. The van der Waals surface area contributed by atoms with Crippen molar-refractivity contribution in [1.29, 1.82) is 0 Å². The van der Waals surface area contributed by atoms with E-state index in [1.54, 1.807) is 6.92 Å². The minimum absolute atomic E-state index is 0.282. The maximum Gasteiger partial charge on any atom is 0.320 e. The quantitative estimate of drug-likeness (QED) is 0.685. The van der Waals surface area contributed by atoms with E-state index in [4.69, 9.17) is 10.8 Å². The molecule has 0 saturated heterocycles. The van der Waals surface area contributed by atoms with Crippen molar-refractivity contribution in [3.05, 3.63) is 47.5 Å². The number of carbonyl (C=O) groups excluding carboxylic acids is 2. The average Bonchev–Trinajstić information content (AvgIpc) is 2.68. The molecule has 1 aliphatic rings. The van der Waals surface area contributed by atoms with Gasteiger partial charge in [-0.15, -0.1) is 0 Å². The van der Waals surface area contributed by atoms with Gasteiger partial charge in [-0.3, -0.25) is 19.7 Å². The summed E-state index contributed by atoms with van der Waals surface area (Å²) in [5.74, 6) is -1.55. The summed E-state index contributed by atoms with van der Waals surface area (Å²) in [5, 5.41) is 10.6. The standard InChI is InChI=1S/C9H11NO2.C5H5NO2/c10-8(9(11)12)6-7-4-2-1-3-5-7;1-3-2-4(7)6-5(3)8/h1-5,8H,6,10H2,(H,11,12);2H,1H3,(H,6,7,8). The molecule has 1 aromatic carbocycles. The van der Waals surface area contributed by atoms with E-state index in [0.717, 1.165) is 5.56 Å². The fourth-order valence-electron chi connectivity index (χ4n) is 1.46. The number of hydrogen-bond donors (Lipinski definition) is 3. The van der Waals surface area contributed by atoms with Crippen LogP contribution in [0.5, 0.6) is 0 Å². The molecule has 0 saturated carbocycles. The predicted octanol–water partition coefficient (Wildman–Crippen LogP) is 0.230. The normalized spacial score (nSPS) is 14.8. The lowest BCUT2D eigenvalue weighted by molar-refractivity contribution is -0.138. The van der Waals surface area contributed by atoms with Crippen LogP contribution in [-0.2, 0) is 20.8 Å². The maximum absolute atomic E-state index is 10.4. The first kappa shape index (κ1) is 15.6. The van der Waals surface area contributed by atoms with Gasteiger partial charge in [-0.1, -0.05) is 30.3 Å². The van der Waals surface area contributed by atoms with Gasteiger partial charge < -0.3 is 10.8 Å². The number of imide groups is 1. The second-order valence-corrected chi connectivity index (χ2v) is 4.28. The molecule has 0 fully saturated rings. The van der Waals surface area contributed by atoms with Gasteiger partial charge in [-0.2, -0.15) is 0 Å². The molecule has 0 radical (unpaired) electrons. The van der Waals surface area contributed by atoms with E-state index in [1.807, 2.05) is 30.3 Å². The lowest BCUT2D eigenvalue weighted by Crippen LogP contribution is -2.32. The number of rotatable bonds is 3. The average molecular weight is 276 g/mol. The lowest BCUT2D eigenvalue weighted by atomic mass is 10.1. The molecule has 106 valence electrons. The third kappa shape index (κ3) is 5.03. The molecule has 20 heavy (non-hydrogen) atoms. The van der Waals surface area contributed by atoms with Gasteiger partial charge in [-0.05, 0) is 18.9 Å². The highest BCUT2D eigenvalue weighted by Crippen LogP contribution is 2.01. The molecule has 2 rings (SSSR count). The SMILES string of the molecule is CC1=CC(=O)NC1=O.NC(Cc1ccccc1)C(=O)O. The first-order chi connectivity index (χ1) is 9.40. The highest BCUT2D eigenvalue weighted by molar-refractivity contribution is 6.15. The Labute approximate surface area is 116 Å². The molecule has 1 atom stereocenters. The second-order valence-electron chi connectivity index (χ2n) is 4.28. The minimum Gasteiger partial charge on any atom is -0.480 e. The molecule has 4 N–H and O–H groups in total. The van der Waals surface area contributed by atoms with Gasteiger partial charge in [0.05, 0.1) is 0 Å². The first-order valence-electron chi connectivity index (χ1n) is 5.96. The Morgan fingerprint density at radius 3 is 2.25 bits per heavy atom. The van der Waals surface area contributed by atoms with Crippen LogP contribution in [0, 0.1) is 0 Å². The van der Waals surface area contributed by atoms with Crippen LogP contribution in [0.25, 0.3) is 0 Å². The highest BCUT2D eigenvalue weighted by Gasteiger charge is 2.15. The molecule has 1 heterocycles. The van der Waals surface area contributed by atoms with Gasteiger partial charge in [0.15, 0.2) is 0 Å². The van der Waals surface area contributed by atoms with Gasteiger partial charge in [0, 0.05) is 11.6 Å². The topological polar surface area (TPSA) is 109 Å². The van der Waals surface area contributed by atoms with E-state index in [9.17, 15) is 14.4 Å². The first-order valence-corrected chi connectivity index (χ1v) is 5.96. The van der Waals surface area contributed by atoms with Crippen molar-refractivity contribution in [2.45, 2.75) is 19.4 Å². The van der Waals surface area contributed by atoms with Crippen molar-refractivity contribution >= 4 is 17.8 Å². The number of benzene rings is 1. The van der Waals surface area contributed by atoms with Crippen LogP contribution in [0.2, 0.25) is 0 Å². The Hall–Kier alpha value is -2.47. The summed E-state index contributed by atoms with van der Waals surface area (Å²) in [6.45, 7) is 1.60. The summed E-state index contributed by atoms with van der Waals surface area (Å²) < 4.78 is 0. The van der Waals surface area contributed by atoms with E-state index in [-0.39, 0.29) is 11.8 Å². The molecule has 1 unspecified atom stereocenters. The predicted molar refractivity (Wildman–Crippen MR) is 72.7 cm³/mol. The summed E-state index contributed by atoms with van der Waals surface area (Å²) >= 11 is 0. The fourth-order valence-corrected chi connectivity index (χ4v) is 1.46. The monoisotopic (exact) mass is 276 g/mol. The number of nitrogens with one attached hydrogen (secondary N) is 1. The van der Waals surface area contributed by atoms with Crippen LogP contribution in [0.15, 0.2) is 42.0 Å². The number of amides is 2. The van der Waals surface area contributed by atoms with Crippen LogP contribution in [0.1, 0.15) is 12.5 Å². The summed E-state index contributed by atoms with van der Waals surface area (Å²) in [7, 11) is 0. The van der Waals surface area contributed by atoms with E-state index in [1.165, 1.54) is 6.08 Å². The number of carbonyl (C=O) groups is 3. The van der Waals surface area contributed by atoms with Crippen molar-refractivity contribution in [2.75, 3.05) is 0 Å². The zero-order valence-corrected chi connectivity index (χ0v) is 11.0. The summed E-state index contributed by atoms with van der Waals surface area (Å²) in [6.07, 6.45) is 1.67. The molecule has 6 nitrogen and oxygen atoms in total. The molecule has 0 bridgehead atoms. The Morgan fingerprint density at radius 2 is 1.90 bits per heavy atom. The minimum atomic E-state index is -0.959. The van der Waals surface area contributed by atoms with Crippen LogP contribution in [0.3, 0.4) is 0 Å². The number of carboxylic acids is 1. The Bertz CT molecular complexity index is 537. The zero-order valence-electron chi connectivity index (χ0n) is 11.0. The summed E-state index contributed by atoms with van der Waals surface area (Å²) in [5.41, 5.74) is 6.78. The molecule has 0 spiro atoms. The van der Waals surface area contributed by atoms with Crippen LogP contribution < -0.4 is 11.1 Å². The van der Waals surface area contributed by atoms with Crippen molar-refractivity contribution < 1.29 is 19.5 Å². The Balaban J connectivity index is 0.000000217. The van der Waals surface area contributed by atoms with E-state index < -0.39 is 12.0 Å². The third-order valence-corrected chi connectivity index (χ3v) is 2.56. The fraction of sp³-hybridized carbons (Fsp3) is 0.214. The van der Waals surface area contributed by atoms with Crippen molar-refractivity contribution in [1.82, 2.24) is 5.32 Å². The van der Waals surface area contributed by atoms with Crippen LogP contribution in [0.4, 0.5) is 0 Å². The molecule has 6 heteroatoms. The highest BCUT2D eigenvalue weighted by atomic mass is 16.4. The molecule has 0 aliphatic carbocycles. The molecular weight excluding hydrogens is 260 g/mol. The molecule has 2 amide bonds. The number of hydrogen-bond acceptors (Lipinski definition) is 4. The molecule has 0 aromatic heterocycles. The second kappa shape index (κ2) is 7.20. The van der Waals surface area contributed by atoms with Crippen LogP contribution in [-0.4, -0.2) is 28.9 Å². The third-order valence-electron chi connectivity index (χ3n) is 2.56. The van der Waals surface area contributed by atoms with Crippen molar-refractivity contribution in [3.63, 3.8) is 0 Å². The van der Waals surface area contributed by atoms with Gasteiger partial charge in [-0.25, -0.2) is 0 Å². The number of nitrogens with two attached hydrogens (primary N) is 1. The number of aliphatic carboxylic acids is 1. The van der Waals surface area contributed by atoms with Gasteiger partial charge in [0.1, 0.15) is 6.04 Å². The van der Waals surface area contributed by atoms with Gasteiger partial charge in [0.2, 0.25) is 0 Å². The zero-order chi connectivity index (χ0) is 15.1. The summed E-state index contributed by atoms with van der Waals surface area (Å²) in [6, 6.07) is 8.54. The Kier molecular flexibility index (Phi) is 5.61. The maximum atomic E-state index is 10.4. The smallest absolute Gasteiger partial charge is 0.320 e. The number of carboxylic acid groups (broad SMARTS) is 1. The van der Waals surface area contributed by atoms with E-state index >= 15 is 0 Å². The van der Waals surface area contributed by atoms with Gasteiger partial charge >= 0.3 is 5.97 Å². The van der Waals surface area contributed by atoms with Crippen molar-refractivity contribution in [2.24, 2.45) is 5.73 Å². The molecule has 1 aromatic rings. The van der Waals surface area contributed by atoms with E-state index in [2.05, 4.69) is 5.32 Å².